The van der Waals surface area contributed by atoms with Gasteiger partial charge in [0, 0.05) is 31.9 Å². The molecule has 2 aromatic heterocycles. The van der Waals surface area contributed by atoms with Crippen LogP contribution in [0.2, 0.25) is 0 Å². The van der Waals surface area contributed by atoms with E-state index in [0.717, 1.165) is 12.3 Å². The Morgan fingerprint density at radius 3 is 2.47 bits per heavy atom. The molecule has 90 valence electrons. The van der Waals surface area contributed by atoms with E-state index in [1.54, 1.807) is 25.1 Å². The Bertz CT molecular complexity index is 549. The maximum atomic E-state index is 12.6. The number of anilines is 1. The molecule has 3 nitrogen and oxygen atoms in total. The fourth-order valence-electron chi connectivity index (χ4n) is 1.55. The van der Waals surface area contributed by atoms with Crippen LogP contribution in [-0.2, 0) is 6.18 Å². The molecule has 0 aliphatic carbocycles. The SMILES string of the molecule is CN(C)c1nccc2ncc(C(F)(F)F)cc12. The molecule has 0 aliphatic heterocycles. The first kappa shape index (κ1) is 11.6. The highest BCUT2D eigenvalue weighted by molar-refractivity contribution is 5.89. The lowest BCUT2D eigenvalue weighted by molar-refractivity contribution is -0.137. The van der Waals surface area contributed by atoms with Crippen molar-refractivity contribution in [2.75, 3.05) is 19.0 Å². The Labute approximate surface area is 95.9 Å². The van der Waals surface area contributed by atoms with Crippen molar-refractivity contribution >= 4 is 16.7 Å². The topological polar surface area (TPSA) is 29.0 Å². The number of hydrogen-bond acceptors (Lipinski definition) is 3. The predicted molar refractivity (Wildman–Crippen MR) is 58.9 cm³/mol. The molecule has 17 heavy (non-hydrogen) atoms. The second-order valence-electron chi connectivity index (χ2n) is 3.82. The predicted octanol–water partition coefficient (Wildman–Crippen LogP) is 2.71. The van der Waals surface area contributed by atoms with Gasteiger partial charge in [-0.15, -0.1) is 0 Å². The molecular formula is C11H10F3N3. The minimum absolute atomic E-state index is 0.396. The molecule has 0 fully saturated rings. The summed E-state index contributed by atoms with van der Waals surface area (Å²) in [4.78, 5) is 9.51. The first-order valence-corrected chi connectivity index (χ1v) is 4.89. The van der Waals surface area contributed by atoms with Gasteiger partial charge in [-0.1, -0.05) is 0 Å². The summed E-state index contributed by atoms with van der Waals surface area (Å²) in [5.74, 6) is 0.473. The third kappa shape index (κ3) is 2.15. The smallest absolute Gasteiger partial charge is 0.362 e. The number of hydrogen-bond donors (Lipinski definition) is 0. The Balaban J connectivity index is 2.70. The van der Waals surface area contributed by atoms with Crippen LogP contribution < -0.4 is 4.90 Å². The van der Waals surface area contributed by atoms with Gasteiger partial charge in [-0.2, -0.15) is 13.2 Å². The minimum Gasteiger partial charge on any atom is -0.362 e. The lowest BCUT2D eigenvalue weighted by Gasteiger charge is -2.14. The van der Waals surface area contributed by atoms with Crippen LogP contribution in [0.4, 0.5) is 19.0 Å². The van der Waals surface area contributed by atoms with Gasteiger partial charge >= 0.3 is 6.18 Å². The largest absolute Gasteiger partial charge is 0.417 e. The fourth-order valence-corrected chi connectivity index (χ4v) is 1.55. The molecule has 0 bridgehead atoms. The summed E-state index contributed by atoms with van der Waals surface area (Å²) in [6, 6.07) is 2.66. The van der Waals surface area contributed by atoms with Crippen molar-refractivity contribution in [3.63, 3.8) is 0 Å². The van der Waals surface area contributed by atoms with E-state index in [4.69, 9.17) is 0 Å². The highest BCUT2D eigenvalue weighted by atomic mass is 19.4. The molecule has 2 aromatic rings. The summed E-state index contributed by atoms with van der Waals surface area (Å²) in [6.07, 6.45) is -2.03. The maximum Gasteiger partial charge on any atom is 0.417 e. The number of aromatic nitrogens is 2. The molecule has 0 aromatic carbocycles. The molecule has 0 spiro atoms. The zero-order chi connectivity index (χ0) is 12.6. The minimum atomic E-state index is -4.39. The zero-order valence-corrected chi connectivity index (χ0v) is 9.28. The second kappa shape index (κ2) is 3.87. The lowest BCUT2D eigenvalue weighted by atomic mass is 10.2. The first-order valence-electron chi connectivity index (χ1n) is 4.89. The normalized spacial score (nSPS) is 11.8. The van der Waals surface area contributed by atoms with Crippen molar-refractivity contribution in [1.82, 2.24) is 9.97 Å². The third-order valence-corrected chi connectivity index (χ3v) is 2.34. The van der Waals surface area contributed by atoms with E-state index in [1.165, 1.54) is 6.20 Å². The van der Waals surface area contributed by atoms with Crippen LogP contribution in [0.3, 0.4) is 0 Å². The average Bonchev–Trinajstić information content (AvgIpc) is 2.26. The molecule has 0 aliphatic rings. The van der Waals surface area contributed by atoms with E-state index in [2.05, 4.69) is 9.97 Å². The third-order valence-electron chi connectivity index (χ3n) is 2.34. The maximum absolute atomic E-state index is 12.6. The summed E-state index contributed by atoms with van der Waals surface area (Å²) in [7, 11) is 3.45. The van der Waals surface area contributed by atoms with Gasteiger partial charge in [0.05, 0.1) is 11.1 Å². The van der Waals surface area contributed by atoms with Crippen molar-refractivity contribution in [3.8, 4) is 0 Å². The molecule has 0 amide bonds. The number of fused-ring (bicyclic) bond motifs is 1. The number of pyridine rings is 2. The second-order valence-corrected chi connectivity index (χ2v) is 3.82. The van der Waals surface area contributed by atoms with E-state index < -0.39 is 11.7 Å². The summed E-state index contributed by atoms with van der Waals surface area (Å²) < 4.78 is 37.7. The van der Waals surface area contributed by atoms with Crippen molar-refractivity contribution in [1.29, 1.82) is 0 Å². The van der Waals surface area contributed by atoms with Crippen molar-refractivity contribution in [2.45, 2.75) is 6.18 Å². The summed E-state index contributed by atoms with van der Waals surface area (Å²) >= 11 is 0. The van der Waals surface area contributed by atoms with Crippen molar-refractivity contribution < 1.29 is 13.2 Å². The molecule has 2 heterocycles. The molecule has 2 rings (SSSR count). The van der Waals surface area contributed by atoms with E-state index in [0.29, 0.717) is 16.7 Å². The van der Waals surface area contributed by atoms with E-state index in [9.17, 15) is 13.2 Å². The fraction of sp³-hybridized carbons (Fsp3) is 0.273. The summed E-state index contributed by atoms with van der Waals surface area (Å²) in [5.41, 5.74) is -0.266. The van der Waals surface area contributed by atoms with Gasteiger partial charge in [0.15, 0.2) is 0 Å². The Kier molecular flexibility index (Phi) is 2.65. The molecule has 6 heteroatoms. The monoisotopic (exact) mass is 241 g/mol. The molecular weight excluding hydrogens is 231 g/mol. The number of halogens is 3. The molecule has 0 saturated carbocycles. The highest BCUT2D eigenvalue weighted by Crippen LogP contribution is 2.32. The van der Waals surface area contributed by atoms with Crippen molar-refractivity contribution in [3.05, 3.63) is 30.1 Å². The van der Waals surface area contributed by atoms with Crippen molar-refractivity contribution in [2.24, 2.45) is 0 Å². The van der Waals surface area contributed by atoms with Gasteiger partial charge < -0.3 is 4.90 Å². The van der Waals surface area contributed by atoms with E-state index >= 15 is 0 Å². The standard InChI is InChI=1S/C11H10F3N3/c1-17(2)10-8-5-7(11(12,13)14)6-16-9(8)3-4-15-10/h3-6H,1-2H3. The van der Waals surface area contributed by atoms with Gasteiger partial charge in [-0.05, 0) is 12.1 Å². The van der Waals surface area contributed by atoms with Gasteiger partial charge in [-0.25, -0.2) is 4.98 Å². The van der Waals surface area contributed by atoms with E-state index in [1.807, 2.05) is 0 Å². The molecule has 0 unspecified atom stereocenters. The number of nitrogens with zero attached hydrogens (tertiary/aromatic N) is 3. The Morgan fingerprint density at radius 2 is 1.88 bits per heavy atom. The number of alkyl halides is 3. The van der Waals surface area contributed by atoms with Gasteiger partial charge in [0.1, 0.15) is 5.82 Å². The van der Waals surface area contributed by atoms with Gasteiger partial charge in [0.2, 0.25) is 0 Å². The molecule has 0 saturated heterocycles. The molecule has 0 radical (unpaired) electrons. The lowest BCUT2D eigenvalue weighted by Crippen LogP contribution is -2.12. The Hall–Kier alpha value is -1.85. The van der Waals surface area contributed by atoms with E-state index in [-0.39, 0.29) is 0 Å². The zero-order valence-electron chi connectivity index (χ0n) is 9.28. The average molecular weight is 241 g/mol. The van der Waals surface area contributed by atoms with Crippen LogP contribution >= 0.6 is 0 Å². The molecule has 0 atom stereocenters. The summed E-state index contributed by atoms with van der Waals surface area (Å²) in [6.45, 7) is 0. The van der Waals surface area contributed by atoms with Gasteiger partial charge in [-0.3, -0.25) is 4.98 Å². The highest BCUT2D eigenvalue weighted by Gasteiger charge is 2.31. The quantitative estimate of drug-likeness (QED) is 0.768. The van der Waals surface area contributed by atoms with Crippen LogP contribution in [0.15, 0.2) is 24.5 Å². The molecule has 0 N–H and O–H groups in total. The summed E-state index contributed by atoms with van der Waals surface area (Å²) in [5, 5.41) is 0.396. The van der Waals surface area contributed by atoms with Crippen LogP contribution in [0, 0.1) is 0 Å². The van der Waals surface area contributed by atoms with Crippen LogP contribution in [-0.4, -0.2) is 24.1 Å². The first-order chi connectivity index (χ1) is 7.89. The Morgan fingerprint density at radius 1 is 1.18 bits per heavy atom. The van der Waals surface area contributed by atoms with Crippen LogP contribution in [0.5, 0.6) is 0 Å². The van der Waals surface area contributed by atoms with Crippen LogP contribution in [0.25, 0.3) is 10.9 Å². The van der Waals surface area contributed by atoms with Gasteiger partial charge in [0.25, 0.3) is 0 Å². The van der Waals surface area contributed by atoms with Crippen LogP contribution in [0.1, 0.15) is 5.56 Å². The number of rotatable bonds is 1.